The number of rotatable bonds is 6. The summed E-state index contributed by atoms with van der Waals surface area (Å²) in [7, 11) is -3.27. The van der Waals surface area contributed by atoms with E-state index in [4.69, 9.17) is 0 Å². The van der Waals surface area contributed by atoms with Gasteiger partial charge in [0.05, 0.1) is 19.3 Å². The minimum atomic E-state index is -3.27. The van der Waals surface area contributed by atoms with Crippen molar-refractivity contribution in [2.75, 3.05) is 19.3 Å². The third-order valence-corrected chi connectivity index (χ3v) is 4.51. The molecule has 3 N–H and O–H groups in total. The Hall–Kier alpha value is -1.68. The smallest absolute Gasteiger partial charge is 0.209 e. The van der Waals surface area contributed by atoms with Crippen molar-refractivity contribution in [1.82, 2.24) is 30.1 Å². The number of nitrogens with one attached hydrogen (secondary N) is 3. The number of fused-ring (bicyclic) bond motifs is 1. The first kappa shape index (κ1) is 18.7. The maximum atomic E-state index is 11.4. The van der Waals surface area contributed by atoms with Gasteiger partial charge in [-0.1, -0.05) is 0 Å². The van der Waals surface area contributed by atoms with E-state index in [2.05, 4.69) is 30.4 Å². The van der Waals surface area contributed by atoms with Crippen molar-refractivity contribution in [1.29, 1.82) is 0 Å². The second-order valence-electron chi connectivity index (χ2n) is 6.69. The Morgan fingerprint density at radius 3 is 2.92 bits per heavy atom. The third-order valence-electron chi connectivity index (χ3n) is 3.58. The van der Waals surface area contributed by atoms with Crippen LogP contribution in [0.3, 0.4) is 0 Å². The highest BCUT2D eigenvalue weighted by Gasteiger charge is 2.23. The molecule has 1 aliphatic rings. The molecule has 0 spiro atoms. The Morgan fingerprint density at radius 2 is 2.25 bits per heavy atom. The molecule has 10 heteroatoms. The van der Waals surface area contributed by atoms with Crippen LogP contribution in [0, 0.1) is 0 Å². The zero-order chi connectivity index (χ0) is 17.8. The molecule has 9 nitrogen and oxygen atoms in total. The maximum absolute atomic E-state index is 11.4. The van der Waals surface area contributed by atoms with Gasteiger partial charge in [-0.15, -0.1) is 0 Å². The van der Waals surface area contributed by atoms with Crippen LogP contribution in [0.2, 0.25) is 0 Å². The number of aryl methyl sites for hydroxylation is 1. The molecule has 0 aliphatic carbocycles. The Balaban J connectivity index is 1.98. The second kappa shape index (κ2) is 7.47. The molecule has 2 heterocycles. The normalized spacial score (nSPS) is 19.0. The summed E-state index contributed by atoms with van der Waals surface area (Å²) >= 11 is 0. The van der Waals surface area contributed by atoms with Gasteiger partial charge < -0.3 is 10.6 Å². The van der Waals surface area contributed by atoms with Gasteiger partial charge in [0.15, 0.2) is 5.96 Å². The molecular formula is C14H27N7O2S. The fourth-order valence-corrected chi connectivity index (χ4v) is 3.75. The Morgan fingerprint density at radius 1 is 1.50 bits per heavy atom. The standard InChI is InChI=1S/C14H27N7O2S/c1-5-15-13(16-9-14(2,3)20-24(4,22)23)19-11-6-7-12-17-10-18-21(12)8-11/h10-11,20H,5-9H2,1-4H3,(H2,15,16,19). The minimum Gasteiger partial charge on any atom is -0.357 e. The summed E-state index contributed by atoms with van der Waals surface area (Å²) in [6.45, 7) is 7.41. The molecule has 1 aliphatic heterocycles. The SMILES string of the molecule is CCNC(=NCC(C)(C)NS(C)(=O)=O)NC1CCc2ncnn2C1. The molecule has 0 fully saturated rings. The van der Waals surface area contributed by atoms with Crippen molar-refractivity contribution in [2.24, 2.45) is 4.99 Å². The van der Waals surface area contributed by atoms with Crippen LogP contribution < -0.4 is 15.4 Å². The number of guanidine groups is 1. The number of aliphatic imine (C=N–C) groups is 1. The summed E-state index contributed by atoms with van der Waals surface area (Å²) < 4.78 is 27.3. The molecule has 2 rings (SSSR count). The van der Waals surface area contributed by atoms with Gasteiger partial charge in [0, 0.05) is 24.5 Å². The average molecular weight is 357 g/mol. The van der Waals surface area contributed by atoms with Crippen LogP contribution in [0.25, 0.3) is 0 Å². The largest absolute Gasteiger partial charge is 0.357 e. The first-order valence-electron chi connectivity index (χ1n) is 8.09. The zero-order valence-corrected chi connectivity index (χ0v) is 15.5. The maximum Gasteiger partial charge on any atom is 0.209 e. The zero-order valence-electron chi connectivity index (χ0n) is 14.7. The van der Waals surface area contributed by atoms with Gasteiger partial charge in [0.1, 0.15) is 12.2 Å². The topological polar surface area (TPSA) is 113 Å². The van der Waals surface area contributed by atoms with Crippen LogP contribution >= 0.6 is 0 Å². The lowest BCUT2D eigenvalue weighted by molar-refractivity contribution is 0.391. The van der Waals surface area contributed by atoms with Gasteiger partial charge in [-0.05, 0) is 27.2 Å². The van der Waals surface area contributed by atoms with Crippen molar-refractivity contribution in [3.8, 4) is 0 Å². The number of sulfonamides is 1. The van der Waals surface area contributed by atoms with E-state index in [1.165, 1.54) is 0 Å². The quantitative estimate of drug-likeness (QED) is 0.466. The van der Waals surface area contributed by atoms with E-state index in [1.807, 2.05) is 25.5 Å². The van der Waals surface area contributed by atoms with E-state index in [1.54, 1.807) is 6.33 Å². The molecule has 1 aromatic heterocycles. The summed E-state index contributed by atoms with van der Waals surface area (Å²) in [6.07, 6.45) is 4.56. The third kappa shape index (κ3) is 5.75. The molecule has 0 radical (unpaired) electrons. The minimum absolute atomic E-state index is 0.211. The van der Waals surface area contributed by atoms with Crippen molar-refractivity contribution in [3.05, 3.63) is 12.2 Å². The molecule has 0 amide bonds. The second-order valence-corrected chi connectivity index (χ2v) is 8.44. The van der Waals surface area contributed by atoms with Gasteiger partial charge in [-0.25, -0.2) is 22.8 Å². The first-order chi connectivity index (χ1) is 11.2. The van der Waals surface area contributed by atoms with Gasteiger partial charge in [0.2, 0.25) is 10.0 Å². The van der Waals surface area contributed by atoms with Crippen molar-refractivity contribution in [2.45, 2.75) is 51.7 Å². The number of hydrogen-bond donors (Lipinski definition) is 3. The Kier molecular flexibility index (Phi) is 5.81. The van der Waals surface area contributed by atoms with Crippen LogP contribution in [-0.4, -0.2) is 60.1 Å². The fraction of sp³-hybridized carbons (Fsp3) is 0.786. The molecule has 1 aromatic rings. The lowest BCUT2D eigenvalue weighted by atomic mass is 10.1. The molecule has 1 atom stereocenters. The molecule has 0 saturated heterocycles. The summed E-state index contributed by atoms with van der Waals surface area (Å²) in [6, 6.07) is 0.211. The molecule has 0 aromatic carbocycles. The molecule has 24 heavy (non-hydrogen) atoms. The highest BCUT2D eigenvalue weighted by atomic mass is 32.2. The van der Waals surface area contributed by atoms with Crippen LogP contribution in [0.5, 0.6) is 0 Å². The summed E-state index contributed by atoms with van der Waals surface area (Å²) in [5.41, 5.74) is -0.651. The van der Waals surface area contributed by atoms with Gasteiger partial charge in [-0.3, -0.25) is 4.99 Å². The van der Waals surface area contributed by atoms with Crippen molar-refractivity contribution < 1.29 is 8.42 Å². The number of nitrogens with zero attached hydrogens (tertiary/aromatic N) is 4. The predicted molar refractivity (Wildman–Crippen MR) is 93.3 cm³/mol. The molecule has 136 valence electrons. The number of aromatic nitrogens is 3. The molecule has 0 saturated carbocycles. The van der Waals surface area contributed by atoms with E-state index < -0.39 is 15.6 Å². The molecular weight excluding hydrogens is 330 g/mol. The summed E-state index contributed by atoms with van der Waals surface area (Å²) in [5, 5.41) is 10.8. The Labute approximate surface area is 143 Å². The Bertz CT molecular complexity index is 681. The van der Waals surface area contributed by atoms with Crippen molar-refractivity contribution >= 4 is 16.0 Å². The van der Waals surface area contributed by atoms with E-state index in [0.717, 1.165) is 38.0 Å². The summed E-state index contributed by atoms with van der Waals surface area (Å²) in [4.78, 5) is 8.75. The van der Waals surface area contributed by atoms with Gasteiger partial charge in [0.25, 0.3) is 0 Å². The van der Waals surface area contributed by atoms with Gasteiger partial charge >= 0.3 is 0 Å². The van der Waals surface area contributed by atoms with E-state index in [0.29, 0.717) is 12.5 Å². The molecule has 0 bridgehead atoms. The van der Waals surface area contributed by atoms with E-state index in [-0.39, 0.29) is 6.04 Å². The lowest BCUT2D eigenvalue weighted by Crippen LogP contribution is -2.49. The van der Waals surface area contributed by atoms with Crippen molar-refractivity contribution in [3.63, 3.8) is 0 Å². The van der Waals surface area contributed by atoms with Crippen LogP contribution in [0.1, 0.15) is 33.0 Å². The van der Waals surface area contributed by atoms with Gasteiger partial charge in [-0.2, -0.15) is 5.10 Å². The van der Waals surface area contributed by atoms with Crippen LogP contribution in [-0.2, 0) is 23.0 Å². The lowest BCUT2D eigenvalue weighted by Gasteiger charge is -2.27. The average Bonchev–Trinajstić information content (AvgIpc) is 2.90. The predicted octanol–water partition coefficient (Wildman–Crippen LogP) is -0.524. The monoisotopic (exact) mass is 357 g/mol. The molecule has 1 unspecified atom stereocenters. The first-order valence-corrected chi connectivity index (χ1v) is 9.98. The van der Waals surface area contributed by atoms with E-state index in [9.17, 15) is 8.42 Å². The number of hydrogen-bond acceptors (Lipinski definition) is 5. The highest BCUT2D eigenvalue weighted by molar-refractivity contribution is 7.88. The van der Waals surface area contributed by atoms with Crippen LogP contribution in [0.15, 0.2) is 11.3 Å². The fourth-order valence-electron chi connectivity index (χ4n) is 2.68. The summed E-state index contributed by atoms with van der Waals surface area (Å²) in [5.74, 6) is 1.68. The van der Waals surface area contributed by atoms with E-state index >= 15 is 0 Å². The highest BCUT2D eigenvalue weighted by Crippen LogP contribution is 2.11. The van der Waals surface area contributed by atoms with Crippen LogP contribution in [0.4, 0.5) is 0 Å².